The lowest BCUT2D eigenvalue weighted by Gasteiger charge is -2.22. The highest BCUT2D eigenvalue weighted by molar-refractivity contribution is 9.09. The summed E-state index contributed by atoms with van der Waals surface area (Å²) >= 11 is 2.92. The summed E-state index contributed by atoms with van der Waals surface area (Å²) in [5, 5.41) is 13.4. The van der Waals surface area contributed by atoms with Crippen molar-refractivity contribution in [1.82, 2.24) is 10.6 Å². The summed E-state index contributed by atoms with van der Waals surface area (Å²) in [6.07, 6.45) is -0.844. The van der Waals surface area contributed by atoms with Crippen molar-refractivity contribution >= 4 is 33.9 Å². The number of aliphatic carboxylic acids is 1. The van der Waals surface area contributed by atoms with E-state index in [-0.39, 0.29) is 17.8 Å². The molecule has 2 amide bonds. The number of halogens is 1. The molecule has 8 heteroatoms. The van der Waals surface area contributed by atoms with Crippen LogP contribution in [0.4, 0.5) is 4.79 Å². The summed E-state index contributed by atoms with van der Waals surface area (Å²) < 4.78 is 4.92. The van der Waals surface area contributed by atoms with Crippen LogP contribution in [0.1, 0.15) is 20.8 Å². The molecule has 0 aromatic carbocycles. The molecule has 0 fully saturated rings. The minimum Gasteiger partial charge on any atom is -0.480 e. The Kier molecular flexibility index (Phi) is 6.67. The van der Waals surface area contributed by atoms with Crippen molar-refractivity contribution in [3.8, 4) is 0 Å². The first-order valence-electron chi connectivity index (χ1n) is 5.20. The zero-order valence-electron chi connectivity index (χ0n) is 10.4. The molecule has 18 heavy (non-hydrogen) atoms. The van der Waals surface area contributed by atoms with E-state index >= 15 is 0 Å². The molecule has 104 valence electrons. The number of alkyl carbamates (subject to hydrolysis) is 1. The first-order valence-corrected chi connectivity index (χ1v) is 6.33. The fourth-order valence-corrected chi connectivity index (χ4v) is 1.11. The van der Waals surface area contributed by atoms with E-state index in [1.807, 2.05) is 0 Å². The van der Waals surface area contributed by atoms with Gasteiger partial charge in [0.1, 0.15) is 11.6 Å². The highest BCUT2D eigenvalue weighted by Gasteiger charge is 2.24. The van der Waals surface area contributed by atoms with E-state index in [0.717, 1.165) is 0 Å². The van der Waals surface area contributed by atoms with Crippen molar-refractivity contribution < 1.29 is 24.2 Å². The second kappa shape index (κ2) is 7.20. The molecule has 0 unspecified atom stereocenters. The predicted molar refractivity (Wildman–Crippen MR) is 67.6 cm³/mol. The number of nitrogens with one attached hydrogen (secondary N) is 2. The number of carboxylic acid groups (broad SMARTS) is 1. The standard InChI is InChI=1S/C10H17BrN2O5/c1-10(2,3)18-9(17)13-6(8(15)16)5-12-7(14)4-11/h6H,4-5H2,1-3H3,(H,12,14)(H,13,17)(H,15,16)/t6-/m1/s1. The topological polar surface area (TPSA) is 105 Å². The minimum absolute atomic E-state index is 0.0613. The van der Waals surface area contributed by atoms with Crippen molar-refractivity contribution in [2.24, 2.45) is 0 Å². The van der Waals surface area contributed by atoms with Gasteiger partial charge in [-0.1, -0.05) is 15.9 Å². The van der Waals surface area contributed by atoms with Crippen LogP contribution < -0.4 is 10.6 Å². The number of ether oxygens (including phenoxy) is 1. The zero-order chi connectivity index (χ0) is 14.3. The Balaban J connectivity index is 4.32. The summed E-state index contributed by atoms with van der Waals surface area (Å²) in [7, 11) is 0. The maximum Gasteiger partial charge on any atom is 0.408 e. The molecule has 0 aliphatic heterocycles. The molecule has 0 aromatic heterocycles. The number of amides is 2. The summed E-state index contributed by atoms with van der Waals surface area (Å²) in [5.41, 5.74) is -0.716. The summed E-state index contributed by atoms with van der Waals surface area (Å²) in [5.74, 6) is -1.62. The molecule has 1 atom stereocenters. The van der Waals surface area contributed by atoms with Crippen LogP contribution in [0.25, 0.3) is 0 Å². The SMILES string of the molecule is CC(C)(C)OC(=O)N[C@H](CNC(=O)CBr)C(=O)O. The van der Waals surface area contributed by atoms with Crippen molar-refractivity contribution in [1.29, 1.82) is 0 Å². The molecule has 3 N–H and O–H groups in total. The number of rotatable bonds is 5. The van der Waals surface area contributed by atoms with Gasteiger partial charge in [0, 0.05) is 6.54 Å². The fraction of sp³-hybridized carbons (Fsp3) is 0.700. The second-order valence-corrected chi connectivity index (χ2v) is 5.04. The van der Waals surface area contributed by atoms with Gasteiger partial charge in [0.25, 0.3) is 0 Å². The molecular formula is C10H17BrN2O5. The van der Waals surface area contributed by atoms with E-state index < -0.39 is 23.7 Å². The van der Waals surface area contributed by atoms with Crippen molar-refractivity contribution in [2.45, 2.75) is 32.4 Å². The number of carboxylic acids is 1. The largest absolute Gasteiger partial charge is 0.480 e. The third-order valence-electron chi connectivity index (χ3n) is 1.61. The molecule has 0 aliphatic carbocycles. The van der Waals surface area contributed by atoms with Crippen LogP contribution in [0.3, 0.4) is 0 Å². The van der Waals surface area contributed by atoms with Gasteiger partial charge in [0.05, 0.1) is 5.33 Å². The molecule has 0 bridgehead atoms. The Morgan fingerprint density at radius 3 is 2.28 bits per heavy atom. The first-order chi connectivity index (χ1) is 8.15. The van der Waals surface area contributed by atoms with Gasteiger partial charge in [0.2, 0.25) is 5.91 Å². The van der Waals surface area contributed by atoms with Crippen LogP contribution in [0.2, 0.25) is 0 Å². The van der Waals surface area contributed by atoms with Gasteiger partial charge < -0.3 is 20.5 Å². The second-order valence-electron chi connectivity index (χ2n) is 4.47. The minimum atomic E-state index is -1.25. The molecule has 0 radical (unpaired) electrons. The number of alkyl halides is 1. The molecule has 0 saturated heterocycles. The fourth-order valence-electron chi connectivity index (χ4n) is 0.913. The quantitative estimate of drug-likeness (QED) is 0.638. The Bertz CT molecular complexity index is 327. The number of carbonyl (C=O) groups excluding carboxylic acids is 2. The predicted octanol–water partition coefficient (Wildman–Crippen LogP) is 0.475. The molecule has 0 saturated carbocycles. The van der Waals surface area contributed by atoms with Crippen LogP contribution in [0.15, 0.2) is 0 Å². The van der Waals surface area contributed by atoms with Crippen LogP contribution in [-0.2, 0) is 14.3 Å². The molecule has 0 rings (SSSR count). The smallest absolute Gasteiger partial charge is 0.408 e. The van der Waals surface area contributed by atoms with Gasteiger partial charge in [-0.15, -0.1) is 0 Å². The highest BCUT2D eigenvalue weighted by Crippen LogP contribution is 2.06. The molecule has 0 aliphatic rings. The maximum absolute atomic E-state index is 11.4. The maximum atomic E-state index is 11.4. The summed E-state index contributed by atoms with van der Waals surface area (Å²) in [6.45, 7) is 4.78. The van der Waals surface area contributed by atoms with Gasteiger partial charge >= 0.3 is 12.1 Å². The Labute approximate surface area is 113 Å². The van der Waals surface area contributed by atoms with Gasteiger partial charge in [-0.3, -0.25) is 4.79 Å². The zero-order valence-corrected chi connectivity index (χ0v) is 12.0. The summed E-state index contributed by atoms with van der Waals surface area (Å²) in [6, 6.07) is -1.23. The first kappa shape index (κ1) is 16.7. The lowest BCUT2D eigenvalue weighted by atomic mass is 10.2. The van der Waals surface area contributed by atoms with E-state index in [9.17, 15) is 14.4 Å². The Hall–Kier alpha value is -1.31. The van der Waals surface area contributed by atoms with E-state index in [1.54, 1.807) is 20.8 Å². The van der Waals surface area contributed by atoms with E-state index in [0.29, 0.717) is 0 Å². The molecule has 0 spiro atoms. The lowest BCUT2D eigenvalue weighted by Crippen LogP contribution is -2.49. The van der Waals surface area contributed by atoms with Crippen LogP contribution >= 0.6 is 15.9 Å². The van der Waals surface area contributed by atoms with Gasteiger partial charge in [-0.25, -0.2) is 9.59 Å². The van der Waals surface area contributed by atoms with E-state index in [2.05, 4.69) is 26.6 Å². The van der Waals surface area contributed by atoms with Crippen molar-refractivity contribution in [3.05, 3.63) is 0 Å². The number of hydrogen-bond acceptors (Lipinski definition) is 4. The normalized spacial score (nSPS) is 12.4. The van der Waals surface area contributed by atoms with Gasteiger partial charge in [-0.2, -0.15) is 0 Å². The molecular weight excluding hydrogens is 308 g/mol. The van der Waals surface area contributed by atoms with Crippen molar-refractivity contribution in [2.75, 3.05) is 11.9 Å². The van der Waals surface area contributed by atoms with Crippen LogP contribution in [-0.4, -0.2) is 46.6 Å². The van der Waals surface area contributed by atoms with Crippen molar-refractivity contribution in [3.63, 3.8) is 0 Å². The number of hydrogen-bond donors (Lipinski definition) is 3. The third kappa shape index (κ3) is 7.88. The highest BCUT2D eigenvalue weighted by atomic mass is 79.9. The van der Waals surface area contributed by atoms with Gasteiger partial charge in [0.15, 0.2) is 0 Å². The van der Waals surface area contributed by atoms with Crippen LogP contribution in [0, 0.1) is 0 Å². The van der Waals surface area contributed by atoms with Crippen LogP contribution in [0.5, 0.6) is 0 Å². The average molecular weight is 325 g/mol. The number of carbonyl (C=O) groups is 3. The molecule has 7 nitrogen and oxygen atoms in total. The van der Waals surface area contributed by atoms with E-state index in [4.69, 9.17) is 9.84 Å². The average Bonchev–Trinajstić information content (AvgIpc) is 2.20. The van der Waals surface area contributed by atoms with Gasteiger partial charge in [-0.05, 0) is 20.8 Å². The Morgan fingerprint density at radius 2 is 1.89 bits per heavy atom. The monoisotopic (exact) mass is 324 g/mol. The molecule has 0 aromatic rings. The summed E-state index contributed by atoms with van der Waals surface area (Å²) in [4.78, 5) is 33.2. The molecule has 0 heterocycles. The van der Waals surface area contributed by atoms with E-state index in [1.165, 1.54) is 0 Å². The lowest BCUT2D eigenvalue weighted by molar-refractivity contribution is -0.139. The Morgan fingerprint density at radius 1 is 1.33 bits per heavy atom. The third-order valence-corrected chi connectivity index (χ3v) is 2.12.